The van der Waals surface area contributed by atoms with Gasteiger partial charge in [0, 0.05) is 40.8 Å². The van der Waals surface area contributed by atoms with Gasteiger partial charge in [-0.05, 0) is 29.6 Å². The fourth-order valence-corrected chi connectivity index (χ4v) is 4.43. The van der Waals surface area contributed by atoms with Gasteiger partial charge in [-0.2, -0.15) is 0 Å². The lowest BCUT2D eigenvalue weighted by Gasteiger charge is -2.17. The molecule has 0 spiro atoms. The van der Waals surface area contributed by atoms with Crippen molar-refractivity contribution in [3.8, 4) is 21.9 Å². The molecule has 29 heavy (non-hydrogen) atoms. The standard InChI is InChI=1S/C22H18N2O4S/c25-21-10-14(12-24(21)15-7-8-18-19(11-15)28-13-27-18)22(26)23-17-5-2-1-4-16(17)20-6-3-9-29-20/h1-9,11,14H,10,12-13H2,(H,23,26). The number of fused-ring (bicyclic) bond motifs is 1. The van der Waals surface area contributed by atoms with Gasteiger partial charge in [-0.15, -0.1) is 11.3 Å². The summed E-state index contributed by atoms with van der Waals surface area (Å²) in [7, 11) is 0. The number of ether oxygens (including phenoxy) is 2. The first-order valence-corrected chi connectivity index (χ1v) is 10.2. The van der Waals surface area contributed by atoms with Crippen LogP contribution in [0.15, 0.2) is 60.0 Å². The van der Waals surface area contributed by atoms with E-state index in [9.17, 15) is 9.59 Å². The molecule has 1 N–H and O–H groups in total. The van der Waals surface area contributed by atoms with Crippen LogP contribution in [-0.4, -0.2) is 25.2 Å². The molecule has 1 saturated heterocycles. The molecular weight excluding hydrogens is 388 g/mol. The summed E-state index contributed by atoms with van der Waals surface area (Å²) in [6.07, 6.45) is 0.182. The summed E-state index contributed by atoms with van der Waals surface area (Å²) in [5.41, 5.74) is 2.45. The summed E-state index contributed by atoms with van der Waals surface area (Å²) in [5, 5.41) is 5.03. The molecule has 1 aromatic heterocycles. The average molecular weight is 406 g/mol. The van der Waals surface area contributed by atoms with Gasteiger partial charge in [0.25, 0.3) is 0 Å². The Morgan fingerprint density at radius 3 is 2.79 bits per heavy atom. The molecule has 0 radical (unpaired) electrons. The Hall–Kier alpha value is -3.32. The molecule has 3 heterocycles. The normalized spacial score (nSPS) is 17.6. The number of amides is 2. The van der Waals surface area contributed by atoms with E-state index in [0.29, 0.717) is 23.7 Å². The van der Waals surface area contributed by atoms with Crippen LogP contribution in [0.1, 0.15) is 6.42 Å². The van der Waals surface area contributed by atoms with Crippen molar-refractivity contribution in [2.45, 2.75) is 6.42 Å². The lowest BCUT2D eigenvalue weighted by molar-refractivity contribution is -0.122. The summed E-state index contributed by atoms with van der Waals surface area (Å²) in [6, 6.07) is 17.1. The molecule has 0 aliphatic carbocycles. The van der Waals surface area contributed by atoms with E-state index in [4.69, 9.17) is 9.47 Å². The molecule has 0 saturated carbocycles. The molecule has 1 atom stereocenters. The van der Waals surface area contributed by atoms with Crippen LogP contribution in [0.4, 0.5) is 11.4 Å². The van der Waals surface area contributed by atoms with Crippen LogP contribution in [-0.2, 0) is 9.59 Å². The molecule has 1 unspecified atom stereocenters. The molecule has 5 rings (SSSR count). The predicted octanol–water partition coefficient (Wildman–Crippen LogP) is 4.14. The number of carbonyl (C=O) groups is 2. The monoisotopic (exact) mass is 406 g/mol. The zero-order valence-electron chi connectivity index (χ0n) is 15.5. The number of anilines is 2. The van der Waals surface area contributed by atoms with E-state index in [1.54, 1.807) is 28.4 Å². The lowest BCUT2D eigenvalue weighted by Crippen LogP contribution is -2.28. The molecule has 6 nitrogen and oxygen atoms in total. The highest BCUT2D eigenvalue weighted by atomic mass is 32.1. The van der Waals surface area contributed by atoms with Gasteiger partial charge in [-0.25, -0.2) is 0 Å². The predicted molar refractivity (Wildman–Crippen MR) is 111 cm³/mol. The van der Waals surface area contributed by atoms with E-state index >= 15 is 0 Å². The van der Waals surface area contributed by atoms with Crippen molar-refractivity contribution in [2.75, 3.05) is 23.6 Å². The van der Waals surface area contributed by atoms with Crippen molar-refractivity contribution in [1.82, 2.24) is 0 Å². The summed E-state index contributed by atoms with van der Waals surface area (Å²) < 4.78 is 10.7. The third-order valence-electron chi connectivity index (χ3n) is 5.14. The number of rotatable bonds is 4. The number of benzene rings is 2. The maximum Gasteiger partial charge on any atom is 0.231 e. The molecule has 2 aliphatic heterocycles. The first-order valence-electron chi connectivity index (χ1n) is 9.33. The average Bonchev–Trinajstić information content (AvgIpc) is 3.48. The van der Waals surface area contributed by atoms with Crippen LogP contribution < -0.4 is 19.7 Å². The minimum atomic E-state index is -0.413. The second-order valence-electron chi connectivity index (χ2n) is 6.96. The van der Waals surface area contributed by atoms with Crippen LogP contribution in [0.25, 0.3) is 10.4 Å². The van der Waals surface area contributed by atoms with E-state index in [2.05, 4.69) is 5.32 Å². The number of hydrogen-bond donors (Lipinski definition) is 1. The third kappa shape index (κ3) is 3.34. The fraction of sp³-hybridized carbons (Fsp3) is 0.182. The maximum atomic E-state index is 12.9. The summed E-state index contributed by atoms with van der Waals surface area (Å²) in [4.78, 5) is 28.2. The van der Waals surface area contributed by atoms with Gasteiger partial charge >= 0.3 is 0 Å². The first-order chi connectivity index (χ1) is 14.2. The van der Waals surface area contributed by atoms with Crippen LogP contribution >= 0.6 is 11.3 Å². The maximum absolute atomic E-state index is 12.9. The number of para-hydroxylation sites is 1. The Morgan fingerprint density at radius 1 is 1.07 bits per heavy atom. The Balaban J connectivity index is 1.33. The third-order valence-corrected chi connectivity index (χ3v) is 6.04. The molecule has 7 heteroatoms. The lowest BCUT2D eigenvalue weighted by atomic mass is 10.1. The van der Waals surface area contributed by atoms with E-state index < -0.39 is 5.92 Å². The first kappa shape index (κ1) is 17.8. The van der Waals surface area contributed by atoms with Crippen LogP contribution in [0.5, 0.6) is 11.5 Å². The smallest absolute Gasteiger partial charge is 0.231 e. The Morgan fingerprint density at radius 2 is 1.93 bits per heavy atom. The summed E-state index contributed by atoms with van der Waals surface area (Å²) in [5.74, 6) is 0.651. The Labute approximate surface area is 171 Å². The quantitative estimate of drug-likeness (QED) is 0.707. The van der Waals surface area contributed by atoms with Crippen molar-refractivity contribution < 1.29 is 19.1 Å². The number of thiophene rings is 1. The van der Waals surface area contributed by atoms with Gasteiger partial charge in [0.05, 0.1) is 5.92 Å². The molecule has 2 aromatic carbocycles. The van der Waals surface area contributed by atoms with Crippen molar-refractivity contribution in [2.24, 2.45) is 5.92 Å². The number of carbonyl (C=O) groups excluding carboxylic acids is 2. The van der Waals surface area contributed by atoms with Crippen LogP contribution in [0.2, 0.25) is 0 Å². The molecule has 2 amide bonds. The zero-order valence-corrected chi connectivity index (χ0v) is 16.3. The van der Waals surface area contributed by atoms with Crippen molar-refractivity contribution >= 4 is 34.5 Å². The molecular formula is C22H18N2O4S. The fourth-order valence-electron chi connectivity index (χ4n) is 3.66. The van der Waals surface area contributed by atoms with Gasteiger partial charge in [0.1, 0.15) is 0 Å². The molecule has 146 valence electrons. The summed E-state index contributed by atoms with van der Waals surface area (Å²) in [6.45, 7) is 0.521. The van der Waals surface area contributed by atoms with Gasteiger partial charge in [-0.3, -0.25) is 9.59 Å². The SMILES string of the molecule is O=C(Nc1ccccc1-c1cccs1)C1CC(=O)N(c2ccc3c(c2)OCO3)C1. The zero-order chi connectivity index (χ0) is 19.8. The number of nitrogens with zero attached hydrogens (tertiary/aromatic N) is 1. The topological polar surface area (TPSA) is 67.9 Å². The highest BCUT2D eigenvalue weighted by Crippen LogP contribution is 2.37. The second kappa shape index (κ2) is 7.25. The second-order valence-corrected chi connectivity index (χ2v) is 7.90. The van der Waals surface area contributed by atoms with Gasteiger partial charge in [0.2, 0.25) is 18.6 Å². The summed E-state index contributed by atoms with van der Waals surface area (Å²) >= 11 is 1.62. The van der Waals surface area contributed by atoms with Gasteiger partial charge in [-0.1, -0.05) is 24.3 Å². The molecule has 1 fully saturated rings. The highest BCUT2D eigenvalue weighted by Gasteiger charge is 2.36. The van der Waals surface area contributed by atoms with Gasteiger partial charge < -0.3 is 19.7 Å². The molecule has 3 aromatic rings. The number of hydrogen-bond acceptors (Lipinski definition) is 5. The number of nitrogens with one attached hydrogen (secondary N) is 1. The van der Waals surface area contributed by atoms with Crippen LogP contribution in [0, 0.1) is 5.92 Å². The Kier molecular flexibility index (Phi) is 4.44. The van der Waals surface area contributed by atoms with E-state index in [-0.39, 0.29) is 25.0 Å². The van der Waals surface area contributed by atoms with E-state index in [1.165, 1.54) is 0 Å². The molecule has 2 aliphatic rings. The molecule has 0 bridgehead atoms. The van der Waals surface area contributed by atoms with Crippen LogP contribution in [0.3, 0.4) is 0 Å². The minimum Gasteiger partial charge on any atom is -0.454 e. The van der Waals surface area contributed by atoms with Crippen molar-refractivity contribution in [1.29, 1.82) is 0 Å². The largest absolute Gasteiger partial charge is 0.454 e. The van der Waals surface area contributed by atoms with E-state index in [0.717, 1.165) is 16.1 Å². The highest BCUT2D eigenvalue weighted by molar-refractivity contribution is 7.13. The minimum absolute atomic E-state index is 0.0736. The van der Waals surface area contributed by atoms with Gasteiger partial charge in [0.15, 0.2) is 11.5 Å². The van der Waals surface area contributed by atoms with Crippen molar-refractivity contribution in [3.63, 3.8) is 0 Å². The van der Waals surface area contributed by atoms with Crippen molar-refractivity contribution in [3.05, 3.63) is 60.0 Å². The van der Waals surface area contributed by atoms with E-state index in [1.807, 2.05) is 47.8 Å². The Bertz CT molecular complexity index is 1080.